The van der Waals surface area contributed by atoms with Crippen LogP contribution < -0.4 is 9.47 Å². The molecule has 1 atom stereocenters. The molecule has 1 aliphatic rings. The van der Waals surface area contributed by atoms with E-state index in [9.17, 15) is 4.79 Å². The van der Waals surface area contributed by atoms with Gasteiger partial charge in [0.15, 0.2) is 11.5 Å². The van der Waals surface area contributed by atoms with E-state index >= 15 is 0 Å². The van der Waals surface area contributed by atoms with Gasteiger partial charge in [0, 0.05) is 13.5 Å². The van der Waals surface area contributed by atoms with Crippen molar-refractivity contribution in [3.05, 3.63) is 58.7 Å². The van der Waals surface area contributed by atoms with E-state index in [-0.39, 0.29) is 11.9 Å². The fraction of sp³-hybridized carbons (Fsp3) is 0.350. The van der Waals surface area contributed by atoms with Gasteiger partial charge in [0.25, 0.3) is 0 Å². The average Bonchev–Trinajstić information content (AvgIpc) is 2.59. The van der Waals surface area contributed by atoms with Crippen molar-refractivity contribution in [1.82, 2.24) is 4.90 Å². The van der Waals surface area contributed by atoms with E-state index in [1.54, 1.807) is 21.1 Å². The summed E-state index contributed by atoms with van der Waals surface area (Å²) in [6, 6.07) is 12.3. The molecule has 1 unspecified atom stereocenters. The van der Waals surface area contributed by atoms with Crippen LogP contribution in [0.15, 0.2) is 36.4 Å². The minimum absolute atomic E-state index is 0.0851. The number of hydrogen-bond donors (Lipinski definition) is 0. The van der Waals surface area contributed by atoms with E-state index in [4.69, 9.17) is 9.47 Å². The van der Waals surface area contributed by atoms with E-state index in [1.165, 1.54) is 11.1 Å². The van der Waals surface area contributed by atoms with Crippen molar-refractivity contribution in [1.29, 1.82) is 0 Å². The van der Waals surface area contributed by atoms with Crippen LogP contribution in [0.2, 0.25) is 0 Å². The third-order valence-electron chi connectivity index (χ3n) is 4.64. The molecule has 24 heavy (non-hydrogen) atoms. The number of methoxy groups -OCH3 is 2. The quantitative estimate of drug-likeness (QED) is 0.867. The summed E-state index contributed by atoms with van der Waals surface area (Å²) in [6.07, 6.45) is 0.817. The Kier molecular flexibility index (Phi) is 4.47. The summed E-state index contributed by atoms with van der Waals surface area (Å²) in [5.41, 5.74) is 4.62. The number of hydrogen-bond acceptors (Lipinski definition) is 3. The number of carbonyl (C=O) groups excluding carboxylic acids is 1. The molecule has 0 aliphatic carbocycles. The first-order valence-corrected chi connectivity index (χ1v) is 8.13. The van der Waals surface area contributed by atoms with Gasteiger partial charge in [-0.1, -0.05) is 29.8 Å². The molecule has 126 valence electrons. The first kappa shape index (κ1) is 16.4. The monoisotopic (exact) mass is 325 g/mol. The van der Waals surface area contributed by atoms with Gasteiger partial charge in [-0.3, -0.25) is 4.79 Å². The topological polar surface area (TPSA) is 38.8 Å². The zero-order valence-corrected chi connectivity index (χ0v) is 14.6. The summed E-state index contributed by atoms with van der Waals surface area (Å²) in [6.45, 7) is 4.41. The summed E-state index contributed by atoms with van der Waals surface area (Å²) in [5.74, 6) is 1.51. The SMILES string of the molecule is COc1cc2c(cc1OC)C(c1cccc(C)c1)N(C(C)=O)CC2. The van der Waals surface area contributed by atoms with Gasteiger partial charge in [0.1, 0.15) is 0 Å². The lowest BCUT2D eigenvalue weighted by molar-refractivity contribution is -0.130. The Morgan fingerprint density at radius 1 is 1.12 bits per heavy atom. The largest absolute Gasteiger partial charge is 0.493 e. The van der Waals surface area contributed by atoms with Crippen molar-refractivity contribution in [3.63, 3.8) is 0 Å². The number of benzene rings is 2. The van der Waals surface area contributed by atoms with Crippen LogP contribution in [0.1, 0.15) is 35.2 Å². The average molecular weight is 325 g/mol. The predicted molar refractivity (Wildman–Crippen MR) is 93.7 cm³/mol. The molecule has 3 rings (SSSR count). The Morgan fingerprint density at radius 3 is 2.46 bits per heavy atom. The van der Waals surface area contributed by atoms with Gasteiger partial charge in [-0.05, 0) is 42.2 Å². The van der Waals surface area contributed by atoms with Crippen molar-refractivity contribution in [2.45, 2.75) is 26.3 Å². The van der Waals surface area contributed by atoms with E-state index in [1.807, 2.05) is 23.1 Å². The molecule has 1 amide bonds. The second kappa shape index (κ2) is 6.56. The van der Waals surface area contributed by atoms with Crippen molar-refractivity contribution in [2.24, 2.45) is 0 Å². The Hall–Kier alpha value is -2.49. The van der Waals surface area contributed by atoms with Gasteiger partial charge >= 0.3 is 0 Å². The molecular formula is C20H23NO3. The van der Waals surface area contributed by atoms with Crippen LogP contribution in [0.4, 0.5) is 0 Å². The molecule has 1 aliphatic heterocycles. The van der Waals surface area contributed by atoms with Gasteiger partial charge in [-0.15, -0.1) is 0 Å². The maximum atomic E-state index is 12.2. The molecule has 2 aromatic rings. The molecule has 0 saturated carbocycles. The molecule has 4 nitrogen and oxygen atoms in total. The molecule has 0 N–H and O–H groups in total. The standard InChI is InChI=1S/C20H23NO3/c1-13-6-5-7-16(10-13)20-17-12-19(24-4)18(23-3)11-15(17)8-9-21(20)14(2)22/h5-7,10-12,20H,8-9H2,1-4H3. The molecule has 4 heteroatoms. The van der Waals surface area contributed by atoms with Crippen LogP contribution in [-0.4, -0.2) is 31.6 Å². The number of nitrogens with zero attached hydrogens (tertiary/aromatic N) is 1. The number of carbonyl (C=O) groups is 1. The number of amides is 1. The van der Waals surface area contributed by atoms with Gasteiger partial charge in [-0.25, -0.2) is 0 Å². The summed E-state index contributed by atoms with van der Waals surface area (Å²) < 4.78 is 10.9. The molecule has 0 saturated heterocycles. The second-order valence-electron chi connectivity index (χ2n) is 6.19. The minimum atomic E-state index is -0.0917. The third kappa shape index (κ3) is 2.84. The van der Waals surface area contributed by atoms with E-state index in [2.05, 4.69) is 25.1 Å². The molecule has 2 aromatic carbocycles. The highest BCUT2D eigenvalue weighted by Gasteiger charge is 2.31. The maximum Gasteiger partial charge on any atom is 0.220 e. The lowest BCUT2D eigenvalue weighted by Gasteiger charge is -2.37. The summed E-state index contributed by atoms with van der Waals surface area (Å²) in [4.78, 5) is 14.2. The normalized spacial score (nSPS) is 16.5. The van der Waals surface area contributed by atoms with Gasteiger partial charge < -0.3 is 14.4 Å². The first-order valence-electron chi connectivity index (χ1n) is 8.13. The molecular weight excluding hydrogens is 302 g/mol. The van der Waals surface area contributed by atoms with Gasteiger partial charge in [0.2, 0.25) is 5.91 Å². The van der Waals surface area contributed by atoms with Crippen molar-refractivity contribution < 1.29 is 14.3 Å². The summed E-state index contributed by atoms with van der Waals surface area (Å²) in [7, 11) is 3.28. The second-order valence-corrected chi connectivity index (χ2v) is 6.19. The van der Waals surface area contributed by atoms with Crippen molar-refractivity contribution >= 4 is 5.91 Å². The Labute approximate surface area is 143 Å². The summed E-state index contributed by atoms with van der Waals surface area (Å²) in [5, 5.41) is 0. The highest BCUT2D eigenvalue weighted by Crippen LogP contribution is 2.41. The van der Waals surface area contributed by atoms with Crippen LogP contribution >= 0.6 is 0 Å². The minimum Gasteiger partial charge on any atom is -0.493 e. The van der Waals surface area contributed by atoms with E-state index < -0.39 is 0 Å². The molecule has 1 heterocycles. The Bertz CT molecular complexity index is 769. The predicted octanol–water partition coefficient (Wildman–Crippen LogP) is 3.51. The maximum absolute atomic E-state index is 12.2. The van der Waals surface area contributed by atoms with Crippen molar-refractivity contribution in [3.8, 4) is 11.5 Å². The summed E-state index contributed by atoms with van der Waals surface area (Å²) >= 11 is 0. The Morgan fingerprint density at radius 2 is 1.83 bits per heavy atom. The van der Waals surface area contributed by atoms with Crippen molar-refractivity contribution in [2.75, 3.05) is 20.8 Å². The van der Waals surface area contributed by atoms with Crippen LogP contribution in [0.5, 0.6) is 11.5 Å². The zero-order chi connectivity index (χ0) is 17.3. The fourth-order valence-corrected chi connectivity index (χ4v) is 3.48. The van der Waals surface area contributed by atoms with Crippen LogP contribution in [0.3, 0.4) is 0 Å². The smallest absolute Gasteiger partial charge is 0.220 e. The molecule has 0 radical (unpaired) electrons. The highest BCUT2D eigenvalue weighted by atomic mass is 16.5. The van der Waals surface area contributed by atoms with Crippen LogP contribution in [0.25, 0.3) is 0 Å². The first-order chi connectivity index (χ1) is 11.5. The Balaban J connectivity index is 2.18. The molecule has 0 spiro atoms. The lowest BCUT2D eigenvalue weighted by Crippen LogP contribution is -2.39. The molecule has 0 fully saturated rings. The molecule has 0 bridgehead atoms. The highest BCUT2D eigenvalue weighted by molar-refractivity contribution is 5.75. The van der Waals surface area contributed by atoms with Gasteiger partial charge in [-0.2, -0.15) is 0 Å². The number of aryl methyl sites for hydroxylation is 1. The van der Waals surface area contributed by atoms with Crippen LogP contribution in [0, 0.1) is 6.92 Å². The third-order valence-corrected chi connectivity index (χ3v) is 4.64. The lowest BCUT2D eigenvalue weighted by atomic mass is 9.87. The molecule has 0 aromatic heterocycles. The number of fused-ring (bicyclic) bond motifs is 1. The van der Waals surface area contributed by atoms with Crippen LogP contribution in [-0.2, 0) is 11.2 Å². The van der Waals surface area contributed by atoms with E-state index in [0.717, 1.165) is 23.3 Å². The fourth-order valence-electron chi connectivity index (χ4n) is 3.48. The number of rotatable bonds is 3. The number of ether oxygens (including phenoxy) is 2. The van der Waals surface area contributed by atoms with Gasteiger partial charge in [0.05, 0.1) is 20.3 Å². The van der Waals surface area contributed by atoms with E-state index in [0.29, 0.717) is 12.3 Å². The zero-order valence-electron chi connectivity index (χ0n) is 14.6.